The topological polar surface area (TPSA) is 124 Å². The third kappa shape index (κ3) is 4.16. The summed E-state index contributed by atoms with van der Waals surface area (Å²) < 4.78 is 29.6. The van der Waals surface area contributed by atoms with E-state index in [1.165, 1.54) is 0 Å². The third-order valence-electron chi connectivity index (χ3n) is 13.5. The van der Waals surface area contributed by atoms with Gasteiger partial charge >= 0.3 is 5.97 Å². The minimum absolute atomic E-state index is 0.0431. The molecule has 0 aromatic heterocycles. The number of hydrogen-bond acceptors (Lipinski definition) is 9. The van der Waals surface area contributed by atoms with Crippen molar-refractivity contribution in [2.45, 2.75) is 134 Å². The molecule has 16 atom stereocenters. The number of cyclic esters (lactones) is 1. The van der Waals surface area contributed by atoms with Gasteiger partial charge in [-0.05, 0) is 88.4 Å². The molecule has 232 valence electrons. The van der Waals surface area contributed by atoms with Gasteiger partial charge in [0, 0.05) is 37.2 Å². The maximum atomic E-state index is 12.9. The third-order valence-corrected chi connectivity index (χ3v) is 13.5. The summed E-state index contributed by atoms with van der Waals surface area (Å²) in [6, 6.07) is 0. The van der Waals surface area contributed by atoms with Crippen molar-refractivity contribution >= 4 is 5.97 Å². The Morgan fingerprint density at radius 2 is 1.85 bits per heavy atom. The Labute approximate surface area is 243 Å². The van der Waals surface area contributed by atoms with E-state index in [9.17, 15) is 20.1 Å². The largest absolute Gasteiger partial charge is 0.465 e. The van der Waals surface area contributed by atoms with Crippen molar-refractivity contribution < 1.29 is 43.8 Å². The Hall–Kier alpha value is -0.810. The molecule has 2 heterocycles. The van der Waals surface area contributed by atoms with Gasteiger partial charge in [0.25, 0.3) is 0 Å². The second-order valence-corrected chi connectivity index (χ2v) is 15.0. The van der Waals surface area contributed by atoms with Gasteiger partial charge in [0.1, 0.15) is 6.10 Å². The molecular weight excluding hydrogens is 528 g/mol. The number of ether oxygens (including phenoxy) is 5. The number of aliphatic hydroxyl groups excluding tert-OH is 2. The Kier molecular flexibility index (Phi) is 7.13. The second-order valence-electron chi connectivity index (χ2n) is 15.0. The molecule has 7 aliphatic rings. The van der Waals surface area contributed by atoms with Gasteiger partial charge < -0.3 is 39.0 Å². The fourth-order valence-electron chi connectivity index (χ4n) is 11.8. The first-order chi connectivity index (χ1) is 19.5. The van der Waals surface area contributed by atoms with E-state index in [4.69, 9.17) is 23.7 Å². The van der Waals surface area contributed by atoms with Crippen LogP contribution in [0.15, 0.2) is 0 Å². The summed E-state index contributed by atoms with van der Waals surface area (Å²) in [4.78, 5) is 12.7. The van der Waals surface area contributed by atoms with Crippen molar-refractivity contribution in [1.29, 1.82) is 0 Å². The molecule has 0 aromatic rings. The highest BCUT2D eigenvalue weighted by Gasteiger charge is 2.77. The van der Waals surface area contributed by atoms with E-state index in [0.717, 1.165) is 44.9 Å². The lowest BCUT2D eigenvalue weighted by Crippen LogP contribution is -2.62. The fraction of sp³-hybridized carbons (Fsp3) is 0.969. The number of esters is 1. The van der Waals surface area contributed by atoms with Crippen molar-refractivity contribution in [2.75, 3.05) is 13.7 Å². The second kappa shape index (κ2) is 10.1. The zero-order valence-corrected chi connectivity index (χ0v) is 25.1. The first-order valence-corrected chi connectivity index (χ1v) is 16.2. The van der Waals surface area contributed by atoms with E-state index in [2.05, 4.69) is 6.92 Å². The lowest BCUT2D eigenvalue weighted by Gasteiger charge is -2.63. The summed E-state index contributed by atoms with van der Waals surface area (Å²) >= 11 is 0. The van der Waals surface area contributed by atoms with Gasteiger partial charge in [-0.1, -0.05) is 6.92 Å². The van der Waals surface area contributed by atoms with Crippen LogP contribution in [0.1, 0.15) is 85.0 Å². The predicted molar refractivity (Wildman–Crippen MR) is 146 cm³/mol. The van der Waals surface area contributed by atoms with E-state index in [1.807, 2.05) is 6.92 Å². The average molecular weight is 579 g/mol. The fourth-order valence-corrected chi connectivity index (χ4v) is 11.8. The summed E-state index contributed by atoms with van der Waals surface area (Å²) in [6.45, 7) is 6.39. The van der Waals surface area contributed by atoms with Gasteiger partial charge in [0.15, 0.2) is 12.6 Å². The van der Waals surface area contributed by atoms with Gasteiger partial charge in [0.05, 0.1) is 42.5 Å². The number of carbonyl (C=O) groups is 1. The van der Waals surface area contributed by atoms with E-state index >= 15 is 0 Å². The van der Waals surface area contributed by atoms with Crippen LogP contribution >= 0.6 is 0 Å². The first-order valence-electron chi connectivity index (χ1n) is 16.2. The van der Waals surface area contributed by atoms with Crippen LogP contribution in [0.2, 0.25) is 0 Å². The van der Waals surface area contributed by atoms with Crippen molar-refractivity contribution in [3.05, 3.63) is 0 Å². The Morgan fingerprint density at radius 1 is 1.05 bits per heavy atom. The maximum Gasteiger partial charge on any atom is 0.309 e. The van der Waals surface area contributed by atoms with E-state index in [1.54, 1.807) is 14.0 Å². The van der Waals surface area contributed by atoms with Crippen LogP contribution in [0.5, 0.6) is 0 Å². The number of methoxy groups -OCH3 is 1. The standard InChI is InChI=1S/C32H50O9/c1-16-28(34)24(37-4)12-26(39-16)41-19-7-9-30(3)18(11-19)5-6-23-22(30)8-10-31-13-20-21(15-38-29(20)35)27(31)25(40-17(2)33)14-32(23,31)36/h16-28,33-34,36H,5-15H2,1-4H3/t16?,17?,18?,19?,20?,21?,22-,23?,24?,25?,26?,27?,28?,30?,31?,32?/m0/s1. The van der Waals surface area contributed by atoms with Crippen molar-refractivity contribution in [3.8, 4) is 0 Å². The van der Waals surface area contributed by atoms with E-state index in [0.29, 0.717) is 37.7 Å². The number of hydrogen-bond donors (Lipinski definition) is 3. The lowest BCUT2D eigenvalue weighted by molar-refractivity contribution is -0.273. The smallest absolute Gasteiger partial charge is 0.309 e. The maximum absolute atomic E-state index is 12.9. The van der Waals surface area contributed by atoms with Crippen LogP contribution in [0, 0.1) is 46.3 Å². The highest BCUT2D eigenvalue weighted by Crippen LogP contribution is 2.75. The molecule has 0 aromatic carbocycles. The molecule has 5 saturated carbocycles. The Balaban J connectivity index is 1.09. The summed E-state index contributed by atoms with van der Waals surface area (Å²) in [6.07, 6.45) is 6.10. The summed E-state index contributed by atoms with van der Waals surface area (Å²) in [5, 5.41) is 33.4. The van der Waals surface area contributed by atoms with Crippen LogP contribution in [-0.2, 0) is 28.5 Å². The number of fused-ring (bicyclic) bond motifs is 6. The number of aliphatic hydroxyl groups is 3. The summed E-state index contributed by atoms with van der Waals surface area (Å²) in [5.74, 6) is 0.935. The Morgan fingerprint density at radius 3 is 2.61 bits per heavy atom. The summed E-state index contributed by atoms with van der Waals surface area (Å²) in [7, 11) is 1.63. The molecule has 5 aliphatic carbocycles. The molecule has 0 amide bonds. The molecule has 7 rings (SSSR count). The zero-order valence-electron chi connectivity index (χ0n) is 25.1. The number of rotatable bonds is 5. The predicted octanol–water partition coefficient (Wildman–Crippen LogP) is 3.16. The van der Waals surface area contributed by atoms with Gasteiger partial charge in [-0.15, -0.1) is 0 Å². The van der Waals surface area contributed by atoms with Gasteiger partial charge in [-0.2, -0.15) is 0 Å². The monoisotopic (exact) mass is 578 g/mol. The minimum Gasteiger partial charge on any atom is -0.465 e. The minimum atomic E-state index is -0.907. The van der Waals surface area contributed by atoms with Crippen LogP contribution in [0.4, 0.5) is 0 Å². The van der Waals surface area contributed by atoms with Crippen molar-refractivity contribution in [3.63, 3.8) is 0 Å². The molecule has 1 spiro atoms. The van der Waals surface area contributed by atoms with Crippen LogP contribution < -0.4 is 0 Å². The highest BCUT2D eigenvalue weighted by molar-refractivity contribution is 5.75. The molecule has 7 fully saturated rings. The normalized spacial score (nSPS) is 56.7. The molecule has 0 bridgehead atoms. The molecule has 9 heteroatoms. The first kappa shape index (κ1) is 28.9. The van der Waals surface area contributed by atoms with Crippen LogP contribution in [-0.4, -0.2) is 83.7 Å². The van der Waals surface area contributed by atoms with Gasteiger partial charge in [-0.3, -0.25) is 4.79 Å². The SMILES string of the molecule is COC1CC(OC2CCC3(C)C(CCC4[C@@H]3CCC35CC6C(=O)OCC6C3C(OC(C)O)CC45O)C2)OC(C)C1O. The average Bonchev–Trinajstić information content (AvgIpc) is 3.52. The van der Waals surface area contributed by atoms with Gasteiger partial charge in [0.2, 0.25) is 0 Å². The van der Waals surface area contributed by atoms with Crippen LogP contribution in [0.3, 0.4) is 0 Å². The van der Waals surface area contributed by atoms with Crippen molar-refractivity contribution in [1.82, 2.24) is 0 Å². The molecule has 9 nitrogen and oxygen atoms in total. The van der Waals surface area contributed by atoms with E-state index < -0.39 is 18.0 Å². The molecular formula is C32H50O9. The van der Waals surface area contributed by atoms with E-state index in [-0.39, 0.29) is 71.2 Å². The molecule has 3 N–H and O–H groups in total. The molecule has 15 unspecified atom stereocenters. The summed E-state index contributed by atoms with van der Waals surface area (Å²) in [5.41, 5.74) is -1.12. The Bertz CT molecular complexity index is 1020. The van der Waals surface area contributed by atoms with Crippen molar-refractivity contribution in [2.24, 2.45) is 46.3 Å². The molecule has 41 heavy (non-hydrogen) atoms. The van der Waals surface area contributed by atoms with Gasteiger partial charge in [-0.25, -0.2) is 0 Å². The molecule has 2 aliphatic heterocycles. The molecule has 0 radical (unpaired) electrons. The molecule has 2 saturated heterocycles. The quantitative estimate of drug-likeness (QED) is 0.256. The lowest BCUT2D eigenvalue weighted by atomic mass is 9.43. The van der Waals surface area contributed by atoms with Crippen LogP contribution in [0.25, 0.3) is 0 Å². The zero-order chi connectivity index (χ0) is 28.9. The number of carbonyl (C=O) groups excluding carboxylic acids is 1. The highest BCUT2D eigenvalue weighted by atomic mass is 16.7.